The lowest BCUT2D eigenvalue weighted by molar-refractivity contribution is -0.384. The van der Waals surface area contributed by atoms with Crippen molar-refractivity contribution in [2.45, 2.75) is 20.4 Å². The Hall–Kier alpha value is -3.15. The zero-order valence-electron chi connectivity index (χ0n) is 13.6. The summed E-state index contributed by atoms with van der Waals surface area (Å²) in [5, 5.41) is 18.6. The fraction of sp³-hybridized carbons (Fsp3) is 0.167. The maximum atomic E-state index is 10.7. The van der Waals surface area contributed by atoms with E-state index in [9.17, 15) is 10.1 Å². The van der Waals surface area contributed by atoms with Crippen molar-refractivity contribution in [2.75, 3.05) is 5.32 Å². The molecule has 0 aliphatic heterocycles. The van der Waals surface area contributed by atoms with Gasteiger partial charge in [0.25, 0.3) is 5.69 Å². The van der Waals surface area contributed by atoms with Crippen LogP contribution in [0.1, 0.15) is 17.0 Å². The number of hydrogen-bond acceptors (Lipinski definition) is 4. The molecule has 24 heavy (non-hydrogen) atoms. The molecule has 122 valence electrons. The van der Waals surface area contributed by atoms with Gasteiger partial charge in [-0.15, -0.1) is 0 Å². The number of nitro groups is 1. The van der Waals surface area contributed by atoms with Crippen LogP contribution < -0.4 is 5.32 Å². The summed E-state index contributed by atoms with van der Waals surface area (Å²) < 4.78 is 1.93. The van der Waals surface area contributed by atoms with Crippen LogP contribution in [0.4, 0.5) is 11.4 Å². The average Bonchev–Trinajstić information content (AvgIpc) is 2.88. The summed E-state index contributed by atoms with van der Waals surface area (Å²) >= 11 is 0. The SMILES string of the molecule is Cc1nn(-c2ccccc2)c(C)c1CNc1ccc([N+](=O)[O-])cc1. The largest absolute Gasteiger partial charge is 0.381 e. The summed E-state index contributed by atoms with van der Waals surface area (Å²) in [4.78, 5) is 10.3. The minimum absolute atomic E-state index is 0.0878. The Morgan fingerprint density at radius 1 is 1.08 bits per heavy atom. The monoisotopic (exact) mass is 322 g/mol. The lowest BCUT2D eigenvalue weighted by Crippen LogP contribution is -2.03. The predicted molar refractivity (Wildman–Crippen MR) is 93.5 cm³/mol. The van der Waals surface area contributed by atoms with E-state index in [2.05, 4.69) is 10.4 Å². The highest BCUT2D eigenvalue weighted by Gasteiger charge is 2.12. The topological polar surface area (TPSA) is 73.0 Å². The Morgan fingerprint density at radius 2 is 1.75 bits per heavy atom. The van der Waals surface area contributed by atoms with Crippen molar-refractivity contribution >= 4 is 11.4 Å². The van der Waals surface area contributed by atoms with E-state index in [1.807, 2.05) is 48.9 Å². The van der Waals surface area contributed by atoms with Gasteiger partial charge in [0, 0.05) is 35.6 Å². The first kappa shape index (κ1) is 15.7. The average molecular weight is 322 g/mol. The predicted octanol–water partition coefficient (Wildman–Crippen LogP) is 4.01. The van der Waals surface area contributed by atoms with Crippen molar-refractivity contribution < 1.29 is 4.92 Å². The highest BCUT2D eigenvalue weighted by atomic mass is 16.6. The normalized spacial score (nSPS) is 10.6. The van der Waals surface area contributed by atoms with Crippen LogP contribution >= 0.6 is 0 Å². The number of aromatic nitrogens is 2. The molecule has 0 unspecified atom stereocenters. The summed E-state index contributed by atoms with van der Waals surface area (Å²) in [5.74, 6) is 0. The van der Waals surface area contributed by atoms with Gasteiger partial charge in [-0.25, -0.2) is 4.68 Å². The van der Waals surface area contributed by atoms with Crippen LogP contribution in [0.5, 0.6) is 0 Å². The van der Waals surface area contributed by atoms with Gasteiger partial charge in [-0.1, -0.05) is 18.2 Å². The van der Waals surface area contributed by atoms with Gasteiger partial charge >= 0.3 is 0 Å². The van der Waals surface area contributed by atoms with Crippen LogP contribution in [0.2, 0.25) is 0 Å². The number of aryl methyl sites for hydroxylation is 1. The Bertz CT molecular complexity index is 855. The molecule has 0 spiro atoms. The smallest absolute Gasteiger partial charge is 0.269 e. The van der Waals surface area contributed by atoms with E-state index in [1.165, 1.54) is 12.1 Å². The Kier molecular flexibility index (Phi) is 4.29. The highest BCUT2D eigenvalue weighted by Crippen LogP contribution is 2.20. The van der Waals surface area contributed by atoms with Gasteiger partial charge in [0.1, 0.15) is 0 Å². The number of nitrogens with one attached hydrogen (secondary N) is 1. The van der Waals surface area contributed by atoms with Crippen LogP contribution in [0.3, 0.4) is 0 Å². The fourth-order valence-electron chi connectivity index (χ4n) is 2.64. The number of non-ortho nitro benzene ring substituents is 1. The third-order valence-corrected chi connectivity index (χ3v) is 3.99. The molecule has 1 heterocycles. The second-order valence-corrected chi connectivity index (χ2v) is 5.55. The number of nitrogens with zero attached hydrogens (tertiary/aromatic N) is 3. The Morgan fingerprint density at radius 3 is 2.38 bits per heavy atom. The molecule has 0 bridgehead atoms. The number of anilines is 1. The minimum atomic E-state index is -0.401. The maximum absolute atomic E-state index is 10.7. The number of rotatable bonds is 5. The summed E-state index contributed by atoms with van der Waals surface area (Å²) in [6.45, 7) is 4.64. The Balaban J connectivity index is 1.78. The molecule has 1 N–H and O–H groups in total. The number of benzene rings is 2. The standard InChI is InChI=1S/C18H18N4O2/c1-13-18(12-19-15-8-10-17(11-9-15)22(23)24)14(2)21(20-13)16-6-4-3-5-7-16/h3-11,19H,12H2,1-2H3. The molecule has 6 heteroatoms. The zero-order chi connectivity index (χ0) is 17.1. The van der Waals surface area contributed by atoms with E-state index in [0.717, 1.165) is 28.3 Å². The molecule has 0 fully saturated rings. The van der Waals surface area contributed by atoms with E-state index < -0.39 is 4.92 Å². The van der Waals surface area contributed by atoms with Crippen molar-refractivity contribution in [3.8, 4) is 5.69 Å². The van der Waals surface area contributed by atoms with Gasteiger partial charge in [-0.2, -0.15) is 5.10 Å². The third kappa shape index (κ3) is 3.12. The van der Waals surface area contributed by atoms with Gasteiger partial charge in [0.05, 0.1) is 16.3 Å². The van der Waals surface area contributed by atoms with Crippen LogP contribution in [0.25, 0.3) is 5.69 Å². The molecule has 0 atom stereocenters. The maximum Gasteiger partial charge on any atom is 0.269 e. The number of nitro benzene ring substituents is 1. The first-order valence-electron chi connectivity index (χ1n) is 7.65. The molecule has 0 saturated heterocycles. The first-order chi connectivity index (χ1) is 11.6. The summed E-state index contributed by atoms with van der Waals surface area (Å²) in [5.41, 5.74) is 5.12. The highest BCUT2D eigenvalue weighted by molar-refractivity contribution is 5.49. The van der Waals surface area contributed by atoms with Gasteiger partial charge in [-0.3, -0.25) is 10.1 Å². The molecule has 0 aliphatic carbocycles. The molecule has 0 saturated carbocycles. The molecular weight excluding hydrogens is 304 g/mol. The zero-order valence-corrected chi connectivity index (χ0v) is 13.6. The number of hydrogen-bond donors (Lipinski definition) is 1. The lowest BCUT2D eigenvalue weighted by Gasteiger charge is -2.08. The van der Waals surface area contributed by atoms with Gasteiger partial charge in [0.15, 0.2) is 0 Å². The first-order valence-corrected chi connectivity index (χ1v) is 7.65. The van der Waals surface area contributed by atoms with Crippen molar-refractivity contribution in [1.82, 2.24) is 9.78 Å². The van der Waals surface area contributed by atoms with Gasteiger partial charge in [0.2, 0.25) is 0 Å². The van der Waals surface area contributed by atoms with Crippen LogP contribution in [0.15, 0.2) is 54.6 Å². The van der Waals surface area contributed by atoms with Crippen LogP contribution in [0, 0.1) is 24.0 Å². The molecule has 0 amide bonds. The minimum Gasteiger partial charge on any atom is -0.381 e. The van der Waals surface area contributed by atoms with Crippen LogP contribution in [-0.4, -0.2) is 14.7 Å². The summed E-state index contributed by atoms with van der Waals surface area (Å²) in [7, 11) is 0. The van der Waals surface area contributed by atoms with Crippen molar-refractivity contribution in [3.05, 3.63) is 81.7 Å². The second kappa shape index (κ2) is 6.54. The molecular formula is C18H18N4O2. The van der Waals surface area contributed by atoms with Gasteiger partial charge in [-0.05, 0) is 38.1 Å². The summed E-state index contributed by atoms with van der Waals surface area (Å²) in [6.07, 6.45) is 0. The van der Waals surface area contributed by atoms with Crippen molar-refractivity contribution in [1.29, 1.82) is 0 Å². The molecule has 1 aromatic heterocycles. The molecule has 6 nitrogen and oxygen atoms in total. The molecule has 3 aromatic rings. The van der Waals surface area contributed by atoms with Crippen LogP contribution in [-0.2, 0) is 6.54 Å². The molecule has 3 rings (SSSR count). The second-order valence-electron chi connectivity index (χ2n) is 5.55. The van der Waals surface area contributed by atoms with E-state index in [4.69, 9.17) is 0 Å². The van der Waals surface area contributed by atoms with E-state index in [0.29, 0.717) is 6.54 Å². The third-order valence-electron chi connectivity index (χ3n) is 3.99. The van der Waals surface area contributed by atoms with E-state index >= 15 is 0 Å². The van der Waals surface area contributed by atoms with E-state index in [1.54, 1.807) is 12.1 Å². The van der Waals surface area contributed by atoms with Gasteiger partial charge < -0.3 is 5.32 Å². The quantitative estimate of drug-likeness (QED) is 0.569. The molecule has 0 radical (unpaired) electrons. The summed E-state index contributed by atoms with van der Waals surface area (Å²) in [6, 6.07) is 16.4. The van der Waals surface area contributed by atoms with Crippen molar-refractivity contribution in [2.24, 2.45) is 0 Å². The van der Waals surface area contributed by atoms with Crippen molar-refractivity contribution in [3.63, 3.8) is 0 Å². The molecule has 2 aromatic carbocycles. The van der Waals surface area contributed by atoms with E-state index in [-0.39, 0.29) is 5.69 Å². The molecule has 0 aliphatic rings. The Labute approximate surface area is 139 Å². The number of para-hydroxylation sites is 1. The lowest BCUT2D eigenvalue weighted by atomic mass is 10.2. The fourth-order valence-corrected chi connectivity index (χ4v) is 2.64.